The summed E-state index contributed by atoms with van der Waals surface area (Å²) in [6, 6.07) is 6.72. The number of fused-ring (bicyclic) bond motifs is 3. The summed E-state index contributed by atoms with van der Waals surface area (Å²) in [5.41, 5.74) is 0.509. The minimum absolute atomic E-state index is 0.0506. The third-order valence-corrected chi connectivity index (χ3v) is 5.55. The zero-order chi connectivity index (χ0) is 25.0. The van der Waals surface area contributed by atoms with Crippen LogP contribution < -0.4 is 24.8 Å². The number of urea groups is 1. The molecule has 3 heterocycles. The normalized spacial score (nSPS) is 17.5. The summed E-state index contributed by atoms with van der Waals surface area (Å²) >= 11 is 0. The van der Waals surface area contributed by atoms with Gasteiger partial charge in [0, 0.05) is 19.2 Å². The smallest absolute Gasteiger partial charge is 0.325 e. The van der Waals surface area contributed by atoms with Crippen LogP contribution in [0.5, 0.6) is 17.4 Å². The van der Waals surface area contributed by atoms with Gasteiger partial charge < -0.3 is 24.3 Å². The highest BCUT2D eigenvalue weighted by molar-refractivity contribution is 6.00. The van der Waals surface area contributed by atoms with Gasteiger partial charge in [0.05, 0.1) is 38.3 Å². The monoisotopic (exact) mass is 494 g/mol. The van der Waals surface area contributed by atoms with Gasteiger partial charge in [0.15, 0.2) is 5.82 Å². The third-order valence-electron chi connectivity index (χ3n) is 5.55. The third kappa shape index (κ3) is 7.56. The Bertz CT molecular complexity index is 1100. The van der Waals surface area contributed by atoms with Crippen molar-refractivity contribution >= 4 is 17.5 Å². The van der Waals surface area contributed by atoms with Gasteiger partial charge in [-0.2, -0.15) is 10.2 Å². The van der Waals surface area contributed by atoms with Crippen molar-refractivity contribution < 1.29 is 23.7 Å². The number of nitrogens with zero attached hydrogens (tertiary/aromatic N) is 4. The average molecular weight is 495 g/mol. The molecular formula is C25H30N6O5. The van der Waals surface area contributed by atoms with Crippen LogP contribution in [0.2, 0.25) is 0 Å². The number of carbonyl (C=O) groups excluding carboxylic acids is 1. The van der Waals surface area contributed by atoms with E-state index in [-0.39, 0.29) is 17.4 Å². The number of unbranched alkanes of at least 4 members (excludes halogenated alkanes) is 1. The fourth-order valence-corrected chi connectivity index (χ4v) is 3.70. The zero-order valence-corrected chi connectivity index (χ0v) is 20.1. The number of nitrogens with one attached hydrogen (secondary N) is 2. The van der Waals surface area contributed by atoms with Crippen LogP contribution in [0.15, 0.2) is 36.5 Å². The summed E-state index contributed by atoms with van der Waals surface area (Å²) < 4.78 is 22.7. The molecule has 11 heteroatoms. The SMILES string of the molecule is N#Cc1ncc2nc1OCC/C=C/COc1ccc(OCCCCN3CCOCC3)cc1NC(=O)N2. The average Bonchev–Trinajstić information content (AvgIpc) is 2.89. The van der Waals surface area contributed by atoms with Gasteiger partial charge in [-0.15, -0.1) is 0 Å². The molecule has 1 fully saturated rings. The fraction of sp³-hybridized carbons (Fsp3) is 0.440. The number of benzene rings is 1. The van der Waals surface area contributed by atoms with Crippen molar-refractivity contribution in [3.63, 3.8) is 0 Å². The van der Waals surface area contributed by atoms with Crippen LogP contribution in [0.1, 0.15) is 25.0 Å². The largest absolute Gasteiger partial charge is 0.494 e. The maximum absolute atomic E-state index is 12.7. The van der Waals surface area contributed by atoms with Crippen LogP contribution in [0.25, 0.3) is 0 Å². The second kappa shape index (κ2) is 13.3. The Balaban J connectivity index is 1.39. The Kier molecular flexibility index (Phi) is 9.30. The van der Waals surface area contributed by atoms with Crippen LogP contribution in [0.4, 0.5) is 16.3 Å². The number of hydrogen-bond acceptors (Lipinski definition) is 9. The maximum Gasteiger partial charge on any atom is 0.325 e. The molecule has 2 N–H and O–H groups in total. The minimum Gasteiger partial charge on any atom is -0.494 e. The van der Waals surface area contributed by atoms with Gasteiger partial charge in [-0.3, -0.25) is 10.2 Å². The van der Waals surface area contributed by atoms with E-state index in [0.717, 1.165) is 45.7 Å². The highest BCUT2D eigenvalue weighted by Gasteiger charge is 2.14. The van der Waals surface area contributed by atoms with Crippen LogP contribution in [-0.4, -0.2) is 73.6 Å². The molecule has 0 saturated carbocycles. The molecule has 0 unspecified atom stereocenters. The molecular weight excluding hydrogens is 464 g/mol. The molecule has 190 valence electrons. The lowest BCUT2D eigenvalue weighted by Gasteiger charge is -2.26. The maximum atomic E-state index is 12.7. The zero-order valence-electron chi connectivity index (χ0n) is 20.1. The molecule has 2 aromatic rings. The Hall–Kier alpha value is -3.88. The van der Waals surface area contributed by atoms with Crippen LogP contribution in [-0.2, 0) is 4.74 Å². The van der Waals surface area contributed by atoms with Crippen molar-refractivity contribution in [2.45, 2.75) is 19.3 Å². The number of aromatic nitrogens is 2. The van der Waals surface area contributed by atoms with E-state index < -0.39 is 6.03 Å². The summed E-state index contributed by atoms with van der Waals surface area (Å²) in [6.45, 7) is 5.79. The van der Waals surface area contributed by atoms with Crippen molar-refractivity contribution in [3.05, 3.63) is 42.2 Å². The molecule has 0 atom stereocenters. The summed E-state index contributed by atoms with van der Waals surface area (Å²) in [4.78, 5) is 23.3. The molecule has 0 radical (unpaired) electrons. The van der Waals surface area contributed by atoms with Gasteiger partial charge in [0.25, 0.3) is 5.88 Å². The van der Waals surface area contributed by atoms with Crippen LogP contribution >= 0.6 is 0 Å². The predicted molar refractivity (Wildman–Crippen MR) is 133 cm³/mol. The molecule has 4 rings (SSSR count). The number of amides is 2. The lowest BCUT2D eigenvalue weighted by atomic mass is 10.2. The first-order chi connectivity index (χ1) is 17.7. The lowest BCUT2D eigenvalue weighted by Crippen LogP contribution is -2.36. The van der Waals surface area contributed by atoms with Crippen molar-refractivity contribution in [1.29, 1.82) is 5.26 Å². The molecule has 1 aromatic heterocycles. The topological polar surface area (TPSA) is 131 Å². The van der Waals surface area contributed by atoms with E-state index in [0.29, 0.717) is 43.4 Å². The quantitative estimate of drug-likeness (QED) is 0.459. The summed E-state index contributed by atoms with van der Waals surface area (Å²) in [5.74, 6) is 1.36. The Morgan fingerprint density at radius 1 is 1.11 bits per heavy atom. The van der Waals surface area contributed by atoms with E-state index >= 15 is 0 Å². The van der Waals surface area contributed by atoms with Gasteiger partial charge in [0.2, 0.25) is 5.69 Å². The van der Waals surface area contributed by atoms with E-state index in [4.69, 9.17) is 18.9 Å². The molecule has 0 aliphatic carbocycles. The first kappa shape index (κ1) is 25.2. The van der Waals surface area contributed by atoms with Crippen molar-refractivity contribution in [1.82, 2.24) is 14.9 Å². The highest BCUT2D eigenvalue weighted by Crippen LogP contribution is 2.30. The van der Waals surface area contributed by atoms with Gasteiger partial charge in [-0.1, -0.05) is 12.2 Å². The second-order valence-corrected chi connectivity index (χ2v) is 8.19. The Labute approximate surface area is 210 Å². The number of ether oxygens (including phenoxy) is 4. The van der Waals surface area contributed by atoms with Crippen molar-refractivity contribution in [3.8, 4) is 23.4 Å². The Morgan fingerprint density at radius 2 is 2.00 bits per heavy atom. The van der Waals surface area contributed by atoms with Gasteiger partial charge >= 0.3 is 6.03 Å². The molecule has 2 aliphatic rings. The van der Waals surface area contributed by atoms with E-state index in [1.807, 2.05) is 24.3 Å². The Morgan fingerprint density at radius 3 is 2.86 bits per heavy atom. The number of morpholine rings is 1. The van der Waals surface area contributed by atoms with Gasteiger partial charge in [-0.25, -0.2) is 9.78 Å². The predicted octanol–water partition coefficient (Wildman–Crippen LogP) is 3.20. The number of nitriles is 1. The highest BCUT2D eigenvalue weighted by atomic mass is 16.5. The number of carbonyl (C=O) groups is 1. The molecule has 11 nitrogen and oxygen atoms in total. The van der Waals surface area contributed by atoms with Gasteiger partial charge in [-0.05, 0) is 37.9 Å². The molecule has 36 heavy (non-hydrogen) atoms. The molecule has 1 aromatic carbocycles. The van der Waals surface area contributed by atoms with Crippen LogP contribution in [0, 0.1) is 11.3 Å². The lowest BCUT2D eigenvalue weighted by molar-refractivity contribution is 0.0368. The van der Waals surface area contributed by atoms with E-state index in [1.54, 1.807) is 12.1 Å². The van der Waals surface area contributed by atoms with Crippen LogP contribution in [0.3, 0.4) is 0 Å². The first-order valence-electron chi connectivity index (χ1n) is 12.0. The summed E-state index contributed by atoms with van der Waals surface area (Å²) in [5, 5.41) is 14.6. The van der Waals surface area contributed by atoms with E-state index in [9.17, 15) is 10.1 Å². The second-order valence-electron chi connectivity index (χ2n) is 8.19. The van der Waals surface area contributed by atoms with E-state index in [2.05, 4.69) is 25.5 Å². The molecule has 1 saturated heterocycles. The van der Waals surface area contributed by atoms with E-state index in [1.165, 1.54) is 6.20 Å². The fourth-order valence-electron chi connectivity index (χ4n) is 3.70. The molecule has 2 aliphatic heterocycles. The molecule has 0 spiro atoms. The molecule has 2 amide bonds. The van der Waals surface area contributed by atoms with Gasteiger partial charge in [0.1, 0.15) is 24.2 Å². The minimum atomic E-state index is -0.544. The number of hydrogen-bond donors (Lipinski definition) is 2. The number of anilines is 2. The number of rotatable bonds is 6. The summed E-state index contributed by atoms with van der Waals surface area (Å²) in [7, 11) is 0. The standard InChI is InChI=1S/C25H30N6O5/c26-17-21-24-29-23(18-27-21)30-25(32)28-20-16-19(6-7-22(20)35-12-3-1-4-13-36-24)34-11-5-2-8-31-9-14-33-15-10-31/h1,3,6-7,16,18H,2,4-5,8-15H2,(H2,28,29,30,32)/b3-1+. The summed E-state index contributed by atoms with van der Waals surface area (Å²) in [6.07, 6.45) is 7.63. The van der Waals surface area contributed by atoms with Crippen molar-refractivity contribution in [2.24, 2.45) is 0 Å². The van der Waals surface area contributed by atoms with Crippen molar-refractivity contribution in [2.75, 3.05) is 63.3 Å². The molecule has 2 bridgehead atoms. The first-order valence-corrected chi connectivity index (χ1v) is 12.0.